The highest BCUT2D eigenvalue weighted by Gasteiger charge is 2.11. The van der Waals surface area contributed by atoms with Gasteiger partial charge >= 0.3 is 0 Å². The highest BCUT2D eigenvalue weighted by molar-refractivity contribution is 6.00. The third-order valence-electron chi connectivity index (χ3n) is 4.20. The molecule has 1 N–H and O–H groups in total. The first-order valence-corrected chi connectivity index (χ1v) is 7.70. The van der Waals surface area contributed by atoms with E-state index in [1.165, 1.54) is 16.3 Å². The van der Waals surface area contributed by atoms with Crippen LogP contribution in [0, 0.1) is 0 Å². The van der Waals surface area contributed by atoms with Gasteiger partial charge in [-0.2, -0.15) is 0 Å². The lowest BCUT2D eigenvalue weighted by Gasteiger charge is -2.13. The van der Waals surface area contributed by atoms with Crippen LogP contribution in [0.5, 0.6) is 5.75 Å². The quantitative estimate of drug-likeness (QED) is 0.490. The molecular formula is C22H16O. The number of benzene rings is 4. The number of fused-ring (bicyclic) bond motifs is 1. The molecule has 0 amide bonds. The predicted octanol–water partition coefficient (Wildman–Crippen LogP) is 5.88. The van der Waals surface area contributed by atoms with Crippen molar-refractivity contribution in [3.05, 3.63) is 91.0 Å². The molecule has 1 heteroatoms. The van der Waals surface area contributed by atoms with Crippen LogP contribution in [-0.2, 0) is 0 Å². The van der Waals surface area contributed by atoms with Crippen molar-refractivity contribution in [3.63, 3.8) is 0 Å². The lowest BCUT2D eigenvalue weighted by atomic mass is 9.91. The van der Waals surface area contributed by atoms with Gasteiger partial charge in [-0.1, -0.05) is 84.9 Å². The molecular weight excluding hydrogens is 280 g/mol. The molecule has 110 valence electrons. The Balaban J connectivity index is 2.02. The molecule has 23 heavy (non-hydrogen) atoms. The molecule has 0 aromatic heterocycles. The second kappa shape index (κ2) is 5.62. The van der Waals surface area contributed by atoms with Gasteiger partial charge in [0.05, 0.1) is 0 Å². The van der Waals surface area contributed by atoms with Gasteiger partial charge in [0.25, 0.3) is 0 Å². The van der Waals surface area contributed by atoms with Gasteiger partial charge < -0.3 is 5.11 Å². The van der Waals surface area contributed by atoms with Crippen LogP contribution >= 0.6 is 0 Å². The van der Waals surface area contributed by atoms with Gasteiger partial charge in [-0.15, -0.1) is 0 Å². The van der Waals surface area contributed by atoms with Crippen LogP contribution in [0.1, 0.15) is 0 Å². The van der Waals surface area contributed by atoms with E-state index >= 15 is 0 Å². The summed E-state index contributed by atoms with van der Waals surface area (Å²) in [7, 11) is 0. The van der Waals surface area contributed by atoms with Crippen molar-refractivity contribution in [2.75, 3.05) is 0 Å². The maximum absolute atomic E-state index is 10.2. The van der Waals surface area contributed by atoms with E-state index < -0.39 is 0 Å². The zero-order valence-corrected chi connectivity index (χ0v) is 12.6. The summed E-state index contributed by atoms with van der Waals surface area (Å²) in [5.74, 6) is 0.306. The minimum atomic E-state index is 0.306. The Labute approximate surface area is 135 Å². The molecule has 1 nitrogen and oxygen atoms in total. The lowest BCUT2D eigenvalue weighted by Crippen LogP contribution is -1.87. The molecule has 0 spiro atoms. The highest BCUT2D eigenvalue weighted by atomic mass is 16.3. The Morgan fingerprint density at radius 1 is 0.435 bits per heavy atom. The summed E-state index contributed by atoms with van der Waals surface area (Å²) >= 11 is 0. The predicted molar refractivity (Wildman–Crippen MR) is 96.5 cm³/mol. The third kappa shape index (κ3) is 2.36. The number of phenolic OH excluding ortho intramolecular Hbond substituents is 1. The molecule has 0 saturated carbocycles. The first-order chi connectivity index (χ1) is 11.3. The van der Waals surface area contributed by atoms with Crippen molar-refractivity contribution in [1.82, 2.24) is 0 Å². The van der Waals surface area contributed by atoms with Gasteiger partial charge in [0.15, 0.2) is 0 Å². The van der Waals surface area contributed by atoms with E-state index in [1.54, 1.807) is 6.07 Å². The van der Waals surface area contributed by atoms with E-state index in [-0.39, 0.29) is 0 Å². The molecule has 0 radical (unpaired) electrons. The molecule has 0 atom stereocenters. The molecule has 0 fully saturated rings. The molecule has 0 unspecified atom stereocenters. The number of rotatable bonds is 2. The Morgan fingerprint density at radius 3 is 1.74 bits per heavy atom. The monoisotopic (exact) mass is 296 g/mol. The molecule has 0 aliphatic carbocycles. The average Bonchev–Trinajstić information content (AvgIpc) is 2.62. The van der Waals surface area contributed by atoms with E-state index in [2.05, 4.69) is 54.6 Å². The molecule has 4 rings (SSSR count). The van der Waals surface area contributed by atoms with Crippen molar-refractivity contribution in [2.24, 2.45) is 0 Å². The van der Waals surface area contributed by atoms with E-state index in [1.807, 2.05) is 30.3 Å². The first kappa shape index (κ1) is 13.6. The molecule has 0 saturated heterocycles. The minimum Gasteiger partial charge on any atom is -0.507 e. The second-order valence-corrected chi connectivity index (χ2v) is 5.59. The van der Waals surface area contributed by atoms with Gasteiger partial charge in [-0.25, -0.2) is 0 Å². The van der Waals surface area contributed by atoms with Crippen molar-refractivity contribution in [3.8, 4) is 28.0 Å². The van der Waals surface area contributed by atoms with Gasteiger partial charge in [-0.3, -0.25) is 0 Å². The average molecular weight is 296 g/mol. The largest absolute Gasteiger partial charge is 0.507 e. The van der Waals surface area contributed by atoms with Crippen molar-refractivity contribution < 1.29 is 5.11 Å². The molecule has 4 aromatic rings. The van der Waals surface area contributed by atoms with Crippen molar-refractivity contribution in [2.45, 2.75) is 0 Å². The number of hydrogen-bond acceptors (Lipinski definition) is 1. The Bertz CT molecular complexity index is 980. The van der Waals surface area contributed by atoms with Crippen LogP contribution in [0.25, 0.3) is 33.0 Å². The number of hydrogen-bond donors (Lipinski definition) is 1. The second-order valence-electron chi connectivity index (χ2n) is 5.59. The number of phenols is 1. The normalized spacial score (nSPS) is 10.8. The van der Waals surface area contributed by atoms with Gasteiger partial charge in [0.2, 0.25) is 0 Å². The van der Waals surface area contributed by atoms with Crippen molar-refractivity contribution >= 4 is 10.8 Å². The fourth-order valence-electron chi connectivity index (χ4n) is 3.11. The molecule has 0 aliphatic heterocycles. The summed E-state index contributed by atoms with van der Waals surface area (Å²) in [5, 5.41) is 12.7. The Hall–Kier alpha value is -3.06. The van der Waals surface area contributed by atoms with E-state index in [0.29, 0.717) is 5.75 Å². The number of para-hydroxylation sites is 1. The Morgan fingerprint density at radius 2 is 0.957 bits per heavy atom. The topological polar surface area (TPSA) is 20.2 Å². The Kier molecular flexibility index (Phi) is 3.32. The van der Waals surface area contributed by atoms with Crippen LogP contribution in [0.15, 0.2) is 91.0 Å². The fourth-order valence-corrected chi connectivity index (χ4v) is 3.11. The third-order valence-corrected chi connectivity index (χ3v) is 4.20. The van der Waals surface area contributed by atoms with Gasteiger partial charge in [0, 0.05) is 5.56 Å². The smallest absolute Gasteiger partial charge is 0.123 e. The maximum Gasteiger partial charge on any atom is 0.123 e. The number of aromatic hydroxyl groups is 1. The zero-order chi connectivity index (χ0) is 15.6. The van der Waals surface area contributed by atoms with Crippen LogP contribution in [0.3, 0.4) is 0 Å². The summed E-state index contributed by atoms with van der Waals surface area (Å²) < 4.78 is 0. The summed E-state index contributed by atoms with van der Waals surface area (Å²) in [4.78, 5) is 0. The lowest BCUT2D eigenvalue weighted by molar-refractivity contribution is 0.477. The standard InChI is InChI=1S/C22H16O/c23-22-15-6-5-13-21(22)20-12-4-3-11-19(20)18-14-7-9-16-8-1-2-10-17(16)18/h1-15,23H. The summed E-state index contributed by atoms with van der Waals surface area (Å²) in [5.41, 5.74) is 4.21. The van der Waals surface area contributed by atoms with Crippen LogP contribution in [-0.4, -0.2) is 5.11 Å². The summed E-state index contributed by atoms with van der Waals surface area (Å²) in [6.07, 6.45) is 0. The maximum atomic E-state index is 10.2. The van der Waals surface area contributed by atoms with Crippen LogP contribution in [0.2, 0.25) is 0 Å². The van der Waals surface area contributed by atoms with Crippen molar-refractivity contribution in [1.29, 1.82) is 0 Å². The van der Waals surface area contributed by atoms with Gasteiger partial charge in [0.1, 0.15) is 5.75 Å². The minimum absolute atomic E-state index is 0.306. The van der Waals surface area contributed by atoms with E-state index in [9.17, 15) is 5.11 Å². The summed E-state index contributed by atoms with van der Waals surface area (Å²) in [6, 6.07) is 30.5. The molecule has 0 bridgehead atoms. The van der Waals surface area contributed by atoms with Crippen LogP contribution in [0.4, 0.5) is 0 Å². The van der Waals surface area contributed by atoms with Gasteiger partial charge in [-0.05, 0) is 33.5 Å². The SMILES string of the molecule is Oc1ccccc1-c1ccccc1-c1cccc2ccccc12. The first-order valence-electron chi connectivity index (χ1n) is 7.70. The molecule has 0 heterocycles. The molecule has 4 aromatic carbocycles. The fraction of sp³-hybridized carbons (Fsp3) is 0. The highest BCUT2D eigenvalue weighted by Crippen LogP contribution is 2.38. The molecule has 0 aliphatic rings. The summed E-state index contributed by atoms with van der Waals surface area (Å²) in [6.45, 7) is 0. The van der Waals surface area contributed by atoms with Crippen LogP contribution < -0.4 is 0 Å². The van der Waals surface area contributed by atoms with E-state index in [0.717, 1.165) is 16.7 Å². The van der Waals surface area contributed by atoms with E-state index in [4.69, 9.17) is 0 Å². The zero-order valence-electron chi connectivity index (χ0n) is 12.6.